The van der Waals surface area contributed by atoms with E-state index in [4.69, 9.17) is 11.6 Å². The first kappa shape index (κ1) is 13.8. The minimum Gasteiger partial charge on any atom is -0.508 e. The van der Waals surface area contributed by atoms with E-state index in [0.29, 0.717) is 11.6 Å². The third-order valence-corrected chi connectivity index (χ3v) is 3.28. The second-order valence-corrected chi connectivity index (χ2v) is 4.97. The molecule has 0 heterocycles. The molecule has 2 rings (SSSR count). The third kappa shape index (κ3) is 3.65. The predicted octanol–water partition coefficient (Wildman–Crippen LogP) is 4.61. The maximum Gasteiger partial charge on any atom is 0.120 e. The normalized spacial score (nSPS) is 10.4. The van der Waals surface area contributed by atoms with E-state index in [9.17, 15) is 5.11 Å². The number of benzene rings is 2. The number of halogens is 1. The van der Waals surface area contributed by atoms with Gasteiger partial charge in [-0.05, 0) is 36.2 Å². The number of rotatable bonds is 5. The highest BCUT2D eigenvalue weighted by Gasteiger charge is 2.04. The summed E-state index contributed by atoms with van der Waals surface area (Å²) in [6, 6.07) is 13.3. The molecule has 0 bridgehead atoms. The molecule has 0 amide bonds. The van der Waals surface area contributed by atoms with Gasteiger partial charge in [-0.1, -0.05) is 43.1 Å². The van der Waals surface area contributed by atoms with Crippen LogP contribution < -0.4 is 5.32 Å². The summed E-state index contributed by atoms with van der Waals surface area (Å²) in [5, 5.41) is 13.8. The number of hydrogen-bond acceptors (Lipinski definition) is 2. The van der Waals surface area contributed by atoms with E-state index in [1.165, 1.54) is 5.56 Å². The second kappa shape index (κ2) is 6.48. The lowest BCUT2D eigenvalue weighted by Gasteiger charge is -2.12. The van der Waals surface area contributed by atoms with Crippen LogP contribution in [-0.4, -0.2) is 5.11 Å². The van der Waals surface area contributed by atoms with E-state index in [1.807, 2.05) is 12.1 Å². The maximum atomic E-state index is 9.79. The molecule has 0 aliphatic heterocycles. The Kier molecular flexibility index (Phi) is 4.69. The highest BCUT2D eigenvalue weighted by molar-refractivity contribution is 6.30. The monoisotopic (exact) mass is 275 g/mol. The van der Waals surface area contributed by atoms with Crippen molar-refractivity contribution in [2.75, 3.05) is 5.32 Å². The summed E-state index contributed by atoms with van der Waals surface area (Å²) in [7, 11) is 0. The first-order valence-electron chi connectivity index (χ1n) is 6.50. The highest BCUT2D eigenvalue weighted by atomic mass is 35.5. The van der Waals surface area contributed by atoms with E-state index < -0.39 is 0 Å². The molecular weight excluding hydrogens is 258 g/mol. The summed E-state index contributed by atoms with van der Waals surface area (Å²) in [6.07, 6.45) is 2.16. The molecule has 0 aliphatic carbocycles. The lowest BCUT2D eigenvalue weighted by molar-refractivity contribution is 0.469. The Morgan fingerprint density at radius 2 is 1.89 bits per heavy atom. The summed E-state index contributed by atoms with van der Waals surface area (Å²) < 4.78 is 0. The van der Waals surface area contributed by atoms with Crippen molar-refractivity contribution in [3.63, 3.8) is 0 Å². The summed E-state index contributed by atoms with van der Waals surface area (Å²) >= 11 is 5.94. The van der Waals surface area contributed by atoms with Crippen molar-refractivity contribution in [2.45, 2.75) is 26.3 Å². The molecule has 0 saturated carbocycles. The first-order chi connectivity index (χ1) is 9.20. The lowest BCUT2D eigenvalue weighted by atomic mass is 10.1. The number of para-hydroxylation sites is 1. The minimum atomic E-state index is 0.268. The fraction of sp³-hybridized carbons (Fsp3) is 0.250. The molecule has 2 N–H and O–H groups in total. The van der Waals surface area contributed by atoms with Gasteiger partial charge in [0.1, 0.15) is 5.75 Å². The van der Waals surface area contributed by atoms with Crippen molar-refractivity contribution in [2.24, 2.45) is 0 Å². The summed E-state index contributed by atoms with van der Waals surface area (Å²) in [5.41, 5.74) is 3.22. The zero-order valence-electron chi connectivity index (χ0n) is 11.0. The summed E-state index contributed by atoms with van der Waals surface area (Å²) in [4.78, 5) is 0. The van der Waals surface area contributed by atoms with Gasteiger partial charge in [-0.3, -0.25) is 0 Å². The van der Waals surface area contributed by atoms with Crippen LogP contribution in [0.2, 0.25) is 5.02 Å². The molecule has 0 spiro atoms. The molecular formula is C16H18ClNO. The number of phenolic OH excluding ortho intramolecular Hbond substituents is 1. The number of phenols is 1. The quantitative estimate of drug-likeness (QED) is 0.835. The van der Waals surface area contributed by atoms with Crippen LogP contribution in [0.15, 0.2) is 42.5 Å². The van der Waals surface area contributed by atoms with Crippen LogP contribution in [0, 0.1) is 0 Å². The zero-order valence-corrected chi connectivity index (χ0v) is 11.7. The Bertz CT molecular complexity index is 554. The molecule has 2 aromatic carbocycles. The van der Waals surface area contributed by atoms with Crippen molar-refractivity contribution in [1.29, 1.82) is 0 Å². The molecule has 0 aliphatic rings. The van der Waals surface area contributed by atoms with Crippen LogP contribution in [0.5, 0.6) is 5.75 Å². The number of nitrogens with one attached hydrogen (secondary N) is 1. The summed E-state index contributed by atoms with van der Waals surface area (Å²) in [5.74, 6) is 0.268. The van der Waals surface area contributed by atoms with Gasteiger partial charge in [0.05, 0.1) is 0 Å². The van der Waals surface area contributed by atoms with Gasteiger partial charge in [0.25, 0.3) is 0 Å². The van der Waals surface area contributed by atoms with Crippen LogP contribution in [0.4, 0.5) is 5.69 Å². The topological polar surface area (TPSA) is 32.3 Å². The van der Waals surface area contributed by atoms with Gasteiger partial charge in [0.2, 0.25) is 0 Å². The molecule has 0 atom stereocenters. The van der Waals surface area contributed by atoms with E-state index in [2.05, 4.69) is 24.4 Å². The largest absolute Gasteiger partial charge is 0.508 e. The van der Waals surface area contributed by atoms with Crippen molar-refractivity contribution >= 4 is 17.3 Å². The highest BCUT2D eigenvalue weighted by Crippen LogP contribution is 2.24. The number of aromatic hydroxyl groups is 1. The number of anilines is 1. The SMILES string of the molecule is CCCc1ccccc1NCc1cc(Cl)ccc1O. The Labute approximate surface area is 119 Å². The Balaban J connectivity index is 2.12. The predicted molar refractivity (Wildman–Crippen MR) is 80.9 cm³/mol. The van der Waals surface area contributed by atoms with Gasteiger partial charge in [0.15, 0.2) is 0 Å². The van der Waals surface area contributed by atoms with Gasteiger partial charge < -0.3 is 10.4 Å². The zero-order chi connectivity index (χ0) is 13.7. The Morgan fingerprint density at radius 3 is 2.68 bits per heavy atom. The van der Waals surface area contributed by atoms with Crippen molar-refractivity contribution < 1.29 is 5.11 Å². The van der Waals surface area contributed by atoms with Crippen molar-refractivity contribution in [3.8, 4) is 5.75 Å². The van der Waals surface area contributed by atoms with Gasteiger partial charge in [-0.15, -0.1) is 0 Å². The van der Waals surface area contributed by atoms with Crippen LogP contribution in [0.25, 0.3) is 0 Å². The van der Waals surface area contributed by atoms with E-state index >= 15 is 0 Å². The average molecular weight is 276 g/mol. The van der Waals surface area contributed by atoms with Gasteiger partial charge in [-0.25, -0.2) is 0 Å². The molecule has 3 heteroatoms. The molecule has 2 aromatic rings. The van der Waals surface area contributed by atoms with Gasteiger partial charge in [0, 0.05) is 22.8 Å². The Morgan fingerprint density at radius 1 is 1.11 bits per heavy atom. The summed E-state index contributed by atoms with van der Waals surface area (Å²) in [6.45, 7) is 2.73. The van der Waals surface area contributed by atoms with Crippen molar-refractivity contribution in [1.82, 2.24) is 0 Å². The van der Waals surface area contributed by atoms with Crippen molar-refractivity contribution in [3.05, 3.63) is 58.6 Å². The molecule has 19 heavy (non-hydrogen) atoms. The third-order valence-electron chi connectivity index (χ3n) is 3.05. The lowest BCUT2D eigenvalue weighted by Crippen LogP contribution is -2.02. The molecule has 0 radical (unpaired) electrons. The Hall–Kier alpha value is -1.67. The molecule has 0 saturated heterocycles. The average Bonchev–Trinajstić information content (AvgIpc) is 2.42. The van der Waals surface area contributed by atoms with E-state index in [-0.39, 0.29) is 5.75 Å². The number of hydrogen-bond donors (Lipinski definition) is 2. The van der Waals surface area contributed by atoms with E-state index in [1.54, 1.807) is 18.2 Å². The molecule has 2 nitrogen and oxygen atoms in total. The van der Waals surface area contributed by atoms with E-state index in [0.717, 1.165) is 24.1 Å². The van der Waals surface area contributed by atoms with Crippen LogP contribution >= 0.6 is 11.6 Å². The van der Waals surface area contributed by atoms with Crippen LogP contribution in [0.3, 0.4) is 0 Å². The molecule has 0 fully saturated rings. The maximum absolute atomic E-state index is 9.79. The molecule has 100 valence electrons. The molecule has 0 aromatic heterocycles. The smallest absolute Gasteiger partial charge is 0.120 e. The fourth-order valence-electron chi connectivity index (χ4n) is 2.07. The molecule has 0 unspecified atom stereocenters. The second-order valence-electron chi connectivity index (χ2n) is 4.53. The number of aryl methyl sites for hydroxylation is 1. The fourth-order valence-corrected chi connectivity index (χ4v) is 2.26. The van der Waals surface area contributed by atoms with Gasteiger partial charge in [-0.2, -0.15) is 0 Å². The van der Waals surface area contributed by atoms with Gasteiger partial charge >= 0.3 is 0 Å². The van der Waals surface area contributed by atoms with Crippen LogP contribution in [-0.2, 0) is 13.0 Å². The minimum absolute atomic E-state index is 0.268. The standard InChI is InChI=1S/C16H18ClNO/c1-2-5-12-6-3-4-7-15(12)18-11-13-10-14(17)8-9-16(13)19/h3-4,6-10,18-19H,2,5,11H2,1H3. The first-order valence-corrected chi connectivity index (χ1v) is 6.87. The van der Waals surface area contributed by atoms with Crippen LogP contribution in [0.1, 0.15) is 24.5 Å².